The number of amides is 1. The molecule has 0 spiro atoms. The largest absolute Gasteiger partial charge is 0.431 e. The molecule has 3 rings (SSSR count). The highest BCUT2D eigenvalue weighted by molar-refractivity contribution is 6.30. The predicted octanol–water partition coefficient (Wildman–Crippen LogP) is 6.06. The first-order chi connectivity index (χ1) is 14.5. The van der Waals surface area contributed by atoms with Crippen molar-refractivity contribution in [3.8, 4) is 11.3 Å². The number of carbonyl (C=O) groups excluding carboxylic acids is 1. The van der Waals surface area contributed by atoms with E-state index in [1.165, 1.54) is 24.1 Å². The van der Waals surface area contributed by atoms with Crippen molar-refractivity contribution in [2.45, 2.75) is 39.5 Å². The quantitative estimate of drug-likeness (QED) is 0.475. The number of aromatic nitrogens is 2. The van der Waals surface area contributed by atoms with Crippen molar-refractivity contribution in [2.24, 2.45) is 0 Å². The summed E-state index contributed by atoms with van der Waals surface area (Å²) in [6.45, 7) is 4.89. The Morgan fingerprint density at radius 1 is 1.16 bits per heavy atom. The van der Waals surface area contributed by atoms with Crippen molar-refractivity contribution in [3.05, 3.63) is 76.2 Å². The summed E-state index contributed by atoms with van der Waals surface area (Å²) in [6, 6.07) is 11.6. The van der Waals surface area contributed by atoms with Gasteiger partial charge in [0.05, 0.1) is 10.7 Å². The van der Waals surface area contributed by atoms with Crippen LogP contribution in [0.25, 0.3) is 11.3 Å². The number of hydrogen-bond acceptors (Lipinski definition) is 2. The van der Waals surface area contributed by atoms with Crippen molar-refractivity contribution in [1.29, 1.82) is 0 Å². The summed E-state index contributed by atoms with van der Waals surface area (Å²) in [6.07, 6.45) is -3.30. The van der Waals surface area contributed by atoms with E-state index in [4.69, 9.17) is 11.6 Å². The molecule has 0 aliphatic heterocycles. The van der Waals surface area contributed by atoms with Gasteiger partial charge < -0.3 is 9.47 Å². The van der Waals surface area contributed by atoms with Crippen molar-refractivity contribution in [1.82, 2.24) is 14.5 Å². The third kappa shape index (κ3) is 4.61. The van der Waals surface area contributed by atoms with E-state index in [1.54, 1.807) is 57.3 Å². The molecule has 0 fully saturated rings. The van der Waals surface area contributed by atoms with Crippen LogP contribution >= 0.6 is 11.6 Å². The lowest BCUT2D eigenvalue weighted by atomic mass is 10.0. The minimum absolute atomic E-state index is 0.0419. The zero-order valence-corrected chi connectivity index (χ0v) is 18.4. The van der Waals surface area contributed by atoms with Gasteiger partial charge in [-0.3, -0.25) is 9.78 Å². The van der Waals surface area contributed by atoms with Gasteiger partial charge in [-0.25, -0.2) is 0 Å². The Labute approximate surface area is 184 Å². The van der Waals surface area contributed by atoms with Gasteiger partial charge in [-0.2, -0.15) is 13.2 Å². The van der Waals surface area contributed by atoms with Gasteiger partial charge in [-0.05, 0) is 44.0 Å². The van der Waals surface area contributed by atoms with Gasteiger partial charge in [-0.15, -0.1) is 0 Å². The minimum Gasteiger partial charge on any atom is -0.338 e. The van der Waals surface area contributed by atoms with Crippen LogP contribution < -0.4 is 0 Å². The topological polar surface area (TPSA) is 38.1 Å². The van der Waals surface area contributed by atoms with E-state index < -0.39 is 17.8 Å². The smallest absolute Gasteiger partial charge is 0.338 e. The first-order valence-electron chi connectivity index (χ1n) is 9.75. The first-order valence-corrected chi connectivity index (χ1v) is 10.1. The lowest BCUT2D eigenvalue weighted by Gasteiger charge is -2.24. The van der Waals surface area contributed by atoms with Gasteiger partial charge in [0.25, 0.3) is 5.91 Å². The second-order valence-corrected chi connectivity index (χ2v) is 8.07. The summed E-state index contributed by atoms with van der Waals surface area (Å²) >= 11 is 5.93. The molecule has 0 bridgehead atoms. The van der Waals surface area contributed by atoms with E-state index in [-0.39, 0.29) is 35.1 Å². The average Bonchev–Trinajstić information content (AvgIpc) is 3.00. The summed E-state index contributed by atoms with van der Waals surface area (Å²) in [5.41, 5.74) is 0.138. The lowest BCUT2D eigenvalue weighted by molar-refractivity contribution is -0.143. The second kappa shape index (κ2) is 8.75. The molecule has 3 aromatic rings. The van der Waals surface area contributed by atoms with Crippen LogP contribution in [-0.4, -0.2) is 33.4 Å². The van der Waals surface area contributed by atoms with Crippen molar-refractivity contribution in [3.63, 3.8) is 0 Å². The molecule has 8 heteroatoms. The summed E-state index contributed by atoms with van der Waals surface area (Å²) in [7, 11) is 1.58. The highest BCUT2D eigenvalue weighted by Gasteiger charge is 2.42. The third-order valence-electron chi connectivity index (χ3n) is 5.24. The Balaban J connectivity index is 2.36. The Bertz CT molecular complexity index is 1070. The molecule has 2 heterocycles. The summed E-state index contributed by atoms with van der Waals surface area (Å²) < 4.78 is 43.7. The van der Waals surface area contributed by atoms with E-state index in [0.29, 0.717) is 10.6 Å². The molecule has 164 valence electrons. The van der Waals surface area contributed by atoms with E-state index >= 15 is 0 Å². The van der Waals surface area contributed by atoms with Crippen molar-refractivity contribution >= 4 is 17.5 Å². The maximum atomic E-state index is 14.2. The van der Waals surface area contributed by atoms with Gasteiger partial charge in [-0.1, -0.05) is 41.9 Å². The highest BCUT2D eigenvalue weighted by atomic mass is 35.5. The van der Waals surface area contributed by atoms with E-state index in [0.717, 1.165) is 4.57 Å². The predicted molar refractivity (Wildman–Crippen MR) is 115 cm³/mol. The van der Waals surface area contributed by atoms with E-state index in [2.05, 4.69) is 4.98 Å². The standard InChI is InChI=1S/C23H23ClF3N3O/c1-14(2)29(4)22(31)20-19(18-11-10-17(24)12-28-18)15(3)21(23(25,26)27)30(20)13-16-8-6-5-7-9-16/h5-12,14H,13H2,1-4H3. The number of rotatable bonds is 5. The van der Waals surface area contributed by atoms with Gasteiger partial charge in [0, 0.05) is 31.4 Å². The summed E-state index contributed by atoms with van der Waals surface area (Å²) in [4.78, 5) is 19.1. The molecule has 0 unspecified atom stereocenters. The van der Waals surface area contributed by atoms with Gasteiger partial charge in [0.1, 0.15) is 11.4 Å². The summed E-state index contributed by atoms with van der Waals surface area (Å²) in [5, 5.41) is 0.355. The highest BCUT2D eigenvalue weighted by Crippen LogP contribution is 2.41. The minimum atomic E-state index is -4.66. The van der Waals surface area contributed by atoms with Crippen LogP contribution in [0.1, 0.15) is 41.2 Å². The Morgan fingerprint density at radius 3 is 2.32 bits per heavy atom. The number of hydrogen-bond donors (Lipinski definition) is 0. The number of alkyl halides is 3. The number of halogens is 4. The van der Waals surface area contributed by atoms with E-state index in [9.17, 15) is 18.0 Å². The van der Waals surface area contributed by atoms with Crippen molar-refractivity contribution < 1.29 is 18.0 Å². The normalized spacial score (nSPS) is 11.8. The van der Waals surface area contributed by atoms with Crippen LogP contribution in [0, 0.1) is 6.92 Å². The maximum absolute atomic E-state index is 14.2. The molecule has 0 aliphatic carbocycles. The fourth-order valence-electron chi connectivity index (χ4n) is 3.50. The summed E-state index contributed by atoms with van der Waals surface area (Å²) in [5.74, 6) is -0.503. The monoisotopic (exact) mass is 449 g/mol. The molecule has 0 saturated heterocycles. The van der Waals surface area contributed by atoms with Gasteiger partial charge in [0.2, 0.25) is 0 Å². The van der Waals surface area contributed by atoms with Crippen LogP contribution in [0.3, 0.4) is 0 Å². The van der Waals surface area contributed by atoms with Gasteiger partial charge >= 0.3 is 6.18 Å². The Hall–Kier alpha value is -2.80. The molecule has 4 nitrogen and oxygen atoms in total. The van der Waals surface area contributed by atoms with Crippen LogP contribution in [0.15, 0.2) is 48.7 Å². The number of pyridine rings is 1. The van der Waals surface area contributed by atoms with Crippen LogP contribution in [0.4, 0.5) is 13.2 Å². The zero-order chi connectivity index (χ0) is 22.9. The molecule has 1 aromatic carbocycles. The fourth-order valence-corrected chi connectivity index (χ4v) is 3.61. The molecule has 0 N–H and O–H groups in total. The number of nitrogens with zero attached hydrogens (tertiary/aromatic N) is 3. The van der Waals surface area contributed by atoms with Crippen molar-refractivity contribution in [2.75, 3.05) is 7.05 Å². The first kappa shape index (κ1) is 22.9. The number of benzene rings is 1. The molecule has 0 atom stereocenters. The van der Waals surface area contributed by atoms with Gasteiger partial charge in [0.15, 0.2) is 0 Å². The lowest BCUT2D eigenvalue weighted by Crippen LogP contribution is -2.35. The Kier molecular flexibility index (Phi) is 6.46. The molecular weight excluding hydrogens is 427 g/mol. The molecule has 1 amide bonds. The molecule has 31 heavy (non-hydrogen) atoms. The average molecular weight is 450 g/mol. The van der Waals surface area contributed by atoms with Crippen LogP contribution in [0.5, 0.6) is 0 Å². The molecule has 0 aliphatic rings. The fraction of sp³-hybridized carbons (Fsp3) is 0.304. The molecule has 2 aromatic heterocycles. The maximum Gasteiger partial charge on any atom is 0.431 e. The van der Waals surface area contributed by atoms with E-state index in [1.807, 2.05) is 0 Å². The Morgan fingerprint density at radius 2 is 1.81 bits per heavy atom. The third-order valence-corrected chi connectivity index (χ3v) is 5.46. The second-order valence-electron chi connectivity index (χ2n) is 7.64. The zero-order valence-electron chi connectivity index (χ0n) is 17.7. The molecular formula is C23H23ClF3N3O. The number of carbonyl (C=O) groups is 1. The van der Waals surface area contributed by atoms with Crippen LogP contribution in [0.2, 0.25) is 5.02 Å². The molecule has 0 radical (unpaired) electrons. The van der Waals surface area contributed by atoms with Crippen LogP contribution in [-0.2, 0) is 12.7 Å². The SMILES string of the molecule is Cc1c(-c2ccc(Cl)cn2)c(C(=O)N(C)C(C)C)n(Cc2ccccc2)c1C(F)(F)F. The molecule has 0 saturated carbocycles.